The van der Waals surface area contributed by atoms with Crippen LogP contribution in [-0.4, -0.2) is 55.1 Å². The van der Waals surface area contributed by atoms with Crippen molar-refractivity contribution in [3.63, 3.8) is 0 Å². The van der Waals surface area contributed by atoms with E-state index < -0.39 is 0 Å². The summed E-state index contributed by atoms with van der Waals surface area (Å²) in [5.74, 6) is 0.260. The maximum atomic E-state index is 13.1. The van der Waals surface area contributed by atoms with Crippen LogP contribution in [0.15, 0.2) is 18.2 Å². The van der Waals surface area contributed by atoms with Crippen LogP contribution in [0.3, 0.4) is 0 Å². The molecule has 1 atom stereocenters. The molecule has 0 aromatic heterocycles. The zero-order valence-electron chi connectivity index (χ0n) is 15.1. The highest BCUT2D eigenvalue weighted by Gasteiger charge is 2.44. The highest BCUT2D eigenvalue weighted by Crippen LogP contribution is 2.48. The molecule has 0 N–H and O–H groups in total. The predicted octanol–water partition coefficient (Wildman–Crippen LogP) is 4.16. The van der Waals surface area contributed by atoms with Crippen molar-refractivity contribution in [2.45, 2.75) is 38.1 Å². The minimum atomic E-state index is 0.0270. The number of carbonyl (C=O) groups is 1. The van der Waals surface area contributed by atoms with Gasteiger partial charge in [0.15, 0.2) is 0 Å². The summed E-state index contributed by atoms with van der Waals surface area (Å²) in [6.07, 6.45) is 5.57. The normalized spacial score (nSPS) is 23.8. The standard InChI is InChI=1S/C20H26Cl2N2O2/c21-16-3-2-15(12-17(16)22)18(23-8-10-26-11-9-23)13-19(25)24-7-6-20(14-24)4-1-5-20/h2-3,12,18H,1,4-11,13-14H2/t18-/m1/s1. The van der Waals surface area contributed by atoms with E-state index in [9.17, 15) is 4.79 Å². The van der Waals surface area contributed by atoms with E-state index >= 15 is 0 Å². The summed E-state index contributed by atoms with van der Waals surface area (Å²) in [5, 5.41) is 1.10. The topological polar surface area (TPSA) is 32.8 Å². The number of hydrogen-bond acceptors (Lipinski definition) is 3. The largest absolute Gasteiger partial charge is 0.379 e. The van der Waals surface area contributed by atoms with Crippen molar-refractivity contribution in [3.8, 4) is 0 Å². The molecule has 2 aliphatic heterocycles. The number of rotatable bonds is 4. The fraction of sp³-hybridized carbons (Fsp3) is 0.650. The summed E-state index contributed by atoms with van der Waals surface area (Å²) in [7, 11) is 0. The summed E-state index contributed by atoms with van der Waals surface area (Å²) in [6, 6.07) is 5.77. The quantitative estimate of drug-likeness (QED) is 0.765. The van der Waals surface area contributed by atoms with Crippen molar-refractivity contribution < 1.29 is 9.53 Å². The van der Waals surface area contributed by atoms with E-state index in [1.54, 1.807) is 0 Å². The lowest BCUT2D eigenvalue weighted by molar-refractivity contribution is -0.132. The number of likely N-dealkylation sites (tertiary alicyclic amines) is 1. The Labute approximate surface area is 165 Å². The van der Waals surface area contributed by atoms with Crippen molar-refractivity contribution in [1.29, 1.82) is 0 Å². The monoisotopic (exact) mass is 396 g/mol. The molecule has 1 aromatic rings. The zero-order valence-corrected chi connectivity index (χ0v) is 16.6. The van der Waals surface area contributed by atoms with Crippen LogP contribution >= 0.6 is 23.2 Å². The summed E-state index contributed by atoms with van der Waals surface area (Å²) in [6.45, 7) is 4.95. The molecule has 3 fully saturated rings. The van der Waals surface area contributed by atoms with Gasteiger partial charge in [0.2, 0.25) is 5.91 Å². The highest BCUT2D eigenvalue weighted by atomic mass is 35.5. The third-order valence-electron chi connectivity index (χ3n) is 6.39. The van der Waals surface area contributed by atoms with E-state index in [4.69, 9.17) is 27.9 Å². The van der Waals surface area contributed by atoms with Gasteiger partial charge in [0.05, 0.1) is 23.3 Å². The molecule has 4 rings (SSSR count). The molecule has 1 aromatic carbocycles. The summed E-state index contributed by atoms with van der Waals surface area (Å²) in [5.41, 5.74) is 1.50. The van der Waals surface area contributed by atoms with Gasteiger partial charge in [-0.25, -0.2) is 0 Å². The highest BCUT2D eigenvalue weighted by molar-refractivity contribution is 6.42. The van der Waals surface area contributed by atoms with Gasteiger partial charge in [0.1, 0.15) is 0 Å². The van der Waals surface area contributed by atoms with Gasteiger partial charge in [-0.1, -0.05) is 35.7 Å². The first-order chi connectivity index (χ1) is 12.6. The lowest BCUT2D eigenvalue weighted by Gasteiger charge is -2.38. The molecular formula is C20H26Cl2N2O2. The summed E-state index contributed by atoms with van der Waals surface area (Å²) in [4.78, 5) is 17.5. The van der Waals surface area contributed by atoms with E-state index in [2.05, 4.69) is 9.80 Å². The Balaban J connectivity index is 1.50. The molecule has 3 aliphatic rings. The molecule has 2 heterocycles. The third kappa shape index (κ3) is 3.75. The fourth-order valence-electron chi connectivity index (χ4n) is 4.59. The summed E-state index contributed by atoms with van der Waals surface area (Å²) >= 11 is 12.3. The van der Waals surface area contributed by atoms with Crippen LogP contribution in [0, 0.1) is 5.41 Å². The Hall–Kier alpha value is -0.810. The van der Waals surface area contributed by atoms with Crippen LogP contribution in [0.4, 0.5) is 0 Å². The van der Waals surface area contributed by atoms with Gasteiger partial charge < -0.3 is 9.64 Å². The molecule has 2 saturated heterocycles. The SMILES string of the molecule is O=C(C[C@H](c1ccc(Cl)c(Cl)c1)N1CCOCC1)N1CCC2(CCC2)C1. The summed E-state index contributed by atoms with van der Waals surface area (Å²) < 4.78 is 5.50. The first kappa shape index (κ1) is 18.5. The minimum absolute atomic E-state index is 0.0270. The van der Waals surface area contributed by atoms with E-state index in [-0.39, 0.29) is 11.9 Å². The molecule has 1 saturated carbocycles. The molecule has 1 amide bonds. The maximum absolute atomic E-state index is 13.1. The number of benzene rings is 1. The van der Waals surface area contributed by atoms with E-state index in [0.29, 0.717) is 35.1 Å². The lowest BCUT2D eigenvalue weighted by Crippen LogP contribution is -2.42. The Morgan fingerprint density at radius 1 is 1.12 bits per heavy atom. The number of carbonyl (C=O) groups excluding carboxylic acids is 1. The van der Waals surface area contributed by atoms with Gasteiger partial charge in [0, 0.05) is 38.6 Å². The second-order valence-corrected chi connectivity index (χ2v) is 8.78. The van der Waals surface area contributed by atoms with Crippen molar-refractivity contribution in [3.05, 3.63) is 33.8 Å². The predicted molar refractivity (Wildman–Crippen MR) is 104 cm³/mol. The molecule has 6 heteroatoms. The minimum Gasteiger partial charge on any atom is -0.379 e. The molecule has 4 nitrogen and oxygen atoms in total. The average molecular weight is 397 g/mol. The number of amides is 1. The molecule has 1 spiro atoms. The van der Waals surface area contributed by atoms with Crippen LogP contribution in [0.5, 0.6) is 0 Å². The van der Waals surface area contributed by atoms with Gasteiger partial charge in [-0.2, -0.15) is 0 Å². The number of ether oxygens (including phenoxy) is 1. The van der Waals surface area contributed by atoms with Gasteiger partial charge >= 0.3 is 0 Å². The molecule has 1 aliphatic carbocycles. The Morgan fingerprint density at radius 2 is 1.88 bits per heavy atom. The Kier molecular flexibility index (Phi) is 5.47. The molecule has 26 heavy (non-hydrogen) atoms. The Bertz CT molecular complexity index is 672. The van der Waals surface area contributed by atoms with Gasteiger partial charge in [-0.15, -0.1) is 0 Å². The smallest absolute Gasteiger partial charge is 0.224 e. The van der Waals surface area contributed by atoms with E-state index in [0.717, 1.165) is 31.7 Å². The number of nitrogens with zero attached hydrogens (tertiary/aromatic N) is 2. The number of halogens is 2. The van der Waals surface area contributed by atoms with Gasteiger partial charge in [0.25, 0.3) is 0 Å². The van der Waals surface area contributed by atoms with Crippen LogP contribution in [0.25, 0.3) is 0 Å². The van der Waals surface area contributed by atoms with Gasteiger partial charge in [-0.3, -0.25) is 9.69 Å². The maximum Gasteiger partial charge on any atom is 0.224 e. The Morgan fingerprint density at radius 3 is 2.50 bits per heavy atom. The molecule has 0 radical (unpaired) electrons. The average Bonchev–Trinajstić information content (AvgIpc) is 3.09. The third-order valence-corrected chi connectivity index (χ3v) is 7.13. The van der Waals surface area contributed by atoms with Crippen molar-refractivity contribution >= 4 is 29.1 Å². The molecule has 142 valence electrons. The first-order valence-corrected chi connectivity index (χ1v) is 10.4. The molecule has 0 bridgehead atoms. The fourth-order valence-corrected chi connectivity index (χ4v) is 4.90. The number of morpholine rings is 1. The van der Waals surface area contributed by atoms with E-state index in [1.807, 2.05) is 18.2 Å². The van der Waals surface area contributed by atoms with Crippen molar-refractivity contribution in [2.75, 3.05) is 39.4 Å². The van der Waals surface area contributed by atoms with E-state index in [1.165, 1.54) is 25.7 Å². The lowest BCUT2D eigenvalue weighted by atomic mass is 9.68. The van der Waals surface area contributed by atoms with Crippen LogP contribution in [-0.2, 0) is 9.53 Å². The van der Waals surface area contributed by atoms with Crippen LogP contribution < -0.4 is 0 Å². The molecule has 0 unspecified atom stereocenters. The van der Waals surface area contributed by atoms with Gasteiger partial charge in [-0.05, 0) is 42.4 Å². The van der Waals surface area contributed by atoms with Crippen LogP contribution in [0.1, 0.15) is 43.7 Å². The first-order valence-electron chi connectivity index (χ1n) is 9.61. The zero-order chi connectivity index (χ0) is 18.1. The second-order valence-electron chi connectivity index (χ2n) is 7.96. The molecular weight excluding hydrogens is 371 g/mol. The van der Waals surface area contributed by atoms with Crippen molar-refractivity contribution in [2.24, 2.45) is 5.41 Å². The van der Waals surface area contributed by atoms with Crippen molar-refractivity contribution in [1.82, 2.24) is 9.80 Å². The second kappa shape index (κ2) is 7.67. The number of hydrogen-bond donors (Lipinski definition) is 0. The van der Waals surface area contributed by atoms with Crippen LogP contribution in [0.2, 0.25) is 10.0 Å².